The highest BCUT2D eigenvalue weighted by Gasteiger charge is 2.43. The zero-order valence-electron chi connectivity index (χ0n) is 25.5. The number of ketones is 1. The van der Waals surface area contributed by atoms with E-state index in [-0.39, 0.29) is 36.9 Å². The Balaban J connectivity index is 1.82. The molecule has 43 heavy (non-hydrogen) atoms. The summed E-state index contributed by atoms with van der Waals surface area (Å²) in [6, 6.07) is 4.29. The van der Waals surface area contributed by atoms with Crippen molar-refractivity contribution in [2.75, 3.05) is 11.9 Å². The maximum atomic E-state index is 13.9. The van der Waals surface area contributed by atoms with Crippen molar-refractivity contribution in [3.63, 3.8) is 0 Å². The fraction of sp³-hybridized carbons (Fsp3) is 0.613. The van der Waals surface area contributed by atoms with E-state index in [0.29, 0.717) is 50.8 Å². The number of rotatable bonds is 11. The molecule has 0 bridgehead atoms. The van der Waals surface area contributed by atoms with Crippen molar-refractivity contribution >= 4 is 41.0 Å². The van der Waals surface area contributed by atoms with Gasteiger partial charge < -0.3 is 31.3 Å². The Kier molecular flexibility index (Phi) is 11.8. The molecule has 2 heterocycles. The van der Waals surface area contributed by atoms with Crippen LogP contribution >= 0.6 is 0 Å². The van der Waals surface area contributed by atoms with E-state index >= 15 is 0 Å². The summed E-state index contributed by atoms with van der Waals surface area (Å²) in [6.07, 6.45) is 2.65. The SMILES string of the molecule is CC[C@]1(C)NC(=O)[C@H](CCCCCC(=O)[C@@H](C)O)NC(=O)[C@H]2CCCN2C(=O)[C@H](Cc2ccc(NC(C)=O)cc2)NC1=O. The molecular weight excluding hydrogens is 554 g/mol. The van der Waals surface area contributed by atoms with Crippen LogP contribution in [0, 0.1) is 0 Å². The first kappa shape index (κ1) is 33.7. The van der Waals surface area contributed by atoms with Crippen molar-refractivity contribution in [1.29, 1.82) is 0 Å². The molecule has 0 aliphatic carbocycles. The van der Waals surface area contributed by atoms with Crippen molar-refractivity contribution < 1.29 is 33.9 Å². The van der Waals surface area contributed by atoms with E-state index in [1.165, 1.54) is 18.7 Å². The number of hydrogen-bond donors (Lipinski definition) is 5. The first-order valence-corrected chi connectivity index (χ1v) is 15.2. The van der Waals surface area contributed by atoms with E-state index in [2.05, 4.69) is 21.3 Å². The number of fused-ring (bicyclic) bond motifs is 1. The van der Waals surface area contributed by atoms with Gasteiger partial charge in [-0.2, -0.15) is 0 Å². The molecule has 5 atom stereocenters. The molecule has 12 heteroatoms. The van der Waals surface area contributed by atoms with Gasteiger partial charge >= 0.3 is 0 Å². The molecule has 2 saturated heterocycles. The number of nitrogens with one attached hydrogen (secondary N) is 4. The van der Waals surface area contributed by atoms with Crippen molar-refractivity contribution in [2.24, 2.45) is 0 Å². The van der Waals surface area contributed by atoms with Crippen molar-refractivity contribution in [2.45, 2.75) is 115 Å². The van der Waals surface area contributed by atoms with E-state index in [0.717, 1.165) is 5.56 Å². The lowest BCUT2D eigenvalue weighted by Gasteiger charge is -2.36. The fourth-order valence-corrected chi connectivity index (χ4v) is 5.42. The Hall–Kier alpha value is -3.80. The van der Waals surface area contributed by atoms with Crippen LogP contribution in [0.1, 0.15) is 84.6 Å². The molecule has 5 N–H and O–H groups in total. The minimum absolute atomic E-state index is 0.156. The van der Waals surface area contributed by atoms with Crippen LogP contribution in [0.3, 0.4) is 0 Å². The van der Waals surface area contributed by atoms with E-state index in [1.807, 2.05) is 0 Å². The average Bonchev–Trinajstić information content (AvgIpc) is 3.45. The van der Waals surface area contributed by atoms with Gasteiger partial charge in [-0.3, -0.25) is 28.8 Å². The van der Waals surface area contributed by atoms with E-state index in [4.69, 9.17) is 0 Å². The number of hydrogen-bond acceptors (Lipinski definition) is 7. The Morgan fingerprint density at radius 1 is 1.05 bits per heavy atom. The van der Waals surface area contributed by atoms with Crippen molar-refractivity contribution in [3.8, 4) is 0 Å². The molecule has 0 aromatic heterocycles. The maximum absolute atomic E-state index is 13.9. The predicted octanol–water partition coefficient (Wildman–Crippen LogP) is 1.35. The van der Waals surface area contributed by atoms with Crippen molar-refractivity contribution in [1.82, 2.24) is 20.9 Å². The molecule has 0 spiro atoms. The van der Waals surface area contributed by atoms with Crippen LogP contribution in [-0.2, 0) is 35.2 Å². The van der Waals surface area contributed by atoms with Crippen LogP contribution in [0.15, 0.2) is 24.3 Å². The number of aliphatic hydroxyl groups excluding tert-OH is 1. The second-order valence-corrected chi connectivity index (χ2v) is 11.8. The number of amides is 5. The minimum atomic E-state index is -1.35. The summed E-state index contributed by atoms with van der Waals surface area (Å²) in [5.74, 6) is -2.24. The van der Waals surface area contributed by atoms with Gasteiger partial charge in [0.25, 0.3) is 0 Å². The largest absolute Gasteiger partial charge is 0.386 e. The summed E-state index contributed by atoms with van der Waals surface area (Å²) >= 11 is 0. The lowest BCUT2D eigenvalue weighted by atomic mass is 9.94. The number of Topliss-reactive ketones (excluding diaryl/α,β-unsaturated/α-hetero) is 1. The summed E-state index contributed by atoms with van der Waals surface area (Å²) in [4.78, 5) is 79.1. The molecule has 12 nitrogen and oxygen atoms in total. The predicted molar refractivity (Wildman–Crippen MR) is 160 cm³/mol. The molecule has 3 rings (SSSR count). The monoisotopic (exact) mass is 599 g/mol. The number of unbranched alkanes of at least 4 members (excludes halogenated alkanes) is 2. The van der Waals surface area contributed by atoms with E-state index < -0.39 is 47.5 Å². The van der Waals surface area contributed by atoms with Gasteiger partial charge in [0.05, 0.1) is 0 Å². The number of carbonyl (C=O) groups is 6. The van der Waals surface area contributed by atoms with Crippen LogP contribution < -0.4 is 21.3 Å². The second kappa shape index (κ2) is 15.1. The lowest BCUT2D eigenvalue weighted by Crippen LogP contribution is -2.65. The van der Waals surface area contributed by atoms with Gasteiger partial charge in [-0.15, -0.1) is 0 Å². The zero-order valence-corrected chi connectivity index (χ0v) is 25.5. The topological polar surface area (TPSA) is 174 Å². The van der Waals surface area contributed by atoms with Crippen LogP contribution in [0.25, 0.3) is 0 Å². The maximum Gasteiger partial charge on any atom is 0.246 e. The zero-order chi connectivity index (χ0) is 31.7. The third-order valence-electron chi connectivity index (χ3n) is 8.28. The number of anilines is 1. The third kappa shape index (κ3) is 9.09. The molecule has 236 valence electrons. The molecule has 2 aliphatic rings. The highest BCUT2D eigenvalue weighted by Crippen LogP contribution is 2.23. The van der Waals surface area contributed by atoms with Gasteiger partial charge in [0.15, 0.2) is 5.78 Å². The van der Waals surface area contributed by atoms with Gasteiger partial charge in [0.1, 0.15) is 29.8 Å². The highest BCUT2D eigenvalue weighted by molar-refractivity contribution is 5.99. The standard InChI is InChI=1S/C31H45N5O7/c1-5-31(4)30(43)34-24(18-21-13-15-22(16-14-21)32-20(3)38)29(42)36-17-9-11-25(36)28(41)33-23(27(40)35-31)10-7-6-8-12-26(39)19(2)37/h13-16,19,23-25,37H,5-12,17-18H2,1-4H3,(H,32,38)(H,33,41)(H,34,43)(H,35,40)/t19-,23+,24+,25-,31+/m1/s1. The Morgan fingerprint density at radius 2 is 1.74 bits per heavy atom. The molecule has 0 saturated carbocycles. The number of carbonyl (C=O) groups excluding carboxylic acids is 6. The number of aliphatic hydroxyl groups is 1. The number of benzene rings is 1. The molecule has 2 aliphatic heterocycles. The summed E-state index contributed by atoms with van der Waals surface area (Å²) in [7, 11) is 0. The lowest BCUT2D eigenvalue weighted by molar-refractivity contribution is -0.144. The molecule has 1 aromatic carbocycles. The molecule has 5 amide bonds. The molecule has 0 radical (unpaired) electrons. The van der Waals surface area contributed by atoms with E-state index in [1.54, 1.807) is 38.1 Å². The summed E-state index contributed by atoms with van der Waals surface area (Å²) in [5.41, 5.74) is 0.00405. The quantitative estimate of drug-likeness (QED) is 0.239. The van der Waals surface area contributed by atoms with Gasteiger partial charge in [0, 0.05) is 32.0 Å². The molecular formula is C31H45N5O7. The van der Waals surface area contributed by atoms with Gasteiger partial charge in [-0.1, -0.05) is 31.9 Å². The number of nitrogens with zero attached hydrogens (tertiary/aromatic N) is 1. The van der Waals surface area contributed by atoms with Gasteiger partial charge in [-0.05, 0) is 63.6 Å². The van der Waals surface area contributed by atoms with Crippen LogP contribution in [0.5, 0.6) is 0 Å². The second-order valence-electron chi connectivity index (χ2n) is 11.8. The first-order chi connectivity index (χ1) is 20.3. The Morgan fingerprint density at radius 3 is 2.37 bits per heavy atom. The van der Waals surface area contributed by atoms with Crippen LogP contribution in [-0.4, -0.2) is 81.6 Å². The minimum Gasteiger partial charge on any atom is -0.386 e. The molecule has 0 unspecified atom stereocenters. The Labute approximate surface area is 252 Å². The van der Waals surface area contributed by atoms with E-state index in [9.17, 15) is 33.9 Å². The molecule has 2 fully saturated rings. The summed E-state index contributed by atoms with van der Waals surface area (Å²) < 4.78 is 0. The van der Waals surface area contributed by atoms with Crippen LogP contribution in [0.4, 0.5) is 5.69 Å². The average molecular weight is 600 g/mol. The van der Waals surface area contributed by atoms with Gasteiger partial charge in [0.2, 0.25) is 29.5 Å². The summed E-state index contributed by atoms with van der Waals surface area (Å²) in [5, 5.41) is 20.6. The van der Waals surface area contributed by atoms with Crippen LogP contribution in [0.2, 0.25) is 0 Å². The molecule has 1 aromatic rings. The smallest absolute Gasteiger partial charge is 0.246 e. The normalized spacial score (nSPS) is 25.4. The highest BCUT2D eigenvalue weighted by atomic mass is 16.3. The first-order valence-electron chi connectivity index (χ1n) is 15.2. The fourth-order valence-electron chi connectivity index (χ4n) is 5.42. The van der Waals surface area contributed by atoms with Crippen molar-refractivity contribution in [3.05, 3.63) is 29.8 Å². The van der Waals surface area contributed by atoms with Gasteiger partial charge in [-0.25, -0.2) is 0 Å². The Bertz CT molecular complexity index is 1200. The third-order valence-corrected chi connectivity index (χ3v) is 8.28. The summed E-state index contributed by atoms with van der Waals surface area (Å²) in [6.45, 7) is 6.54.